The van der Waals surface area contributed by atoms with Crippen molar-refractivity contribution in [3.05, 3.63) is 34.4 Å². The summed E-state index contributed by atoms with van der Waals surface area (Å²) in [6.07, 6.45) is -4.26. The summed E-state index contributed by atoms with van der Waals surface area (Å²) in [6, 6.07) is 1.71. The van der Waals surface area contributed by atoms with Gasteiger partial charge in [-0.3, -0.25) is 4.79 Å². The molecule has 7 heteroatoms. The van der Waals surface area contributed by atoms with E-state index in [-0.39, 0.29) is 0 Å². The number of carboxylic acids is 1. The highest BCUT2D eigenvalue weighted by Crippen LogP contribution is 2.28. The Morgan fingerprint density at radius 3 is 2.47 bits per heavy atom. The molecule has 0 aromatic heterocycles. The number of hydrogen-bond acceptors (Lipinski definition) is 3. The molecular formula is C10H9ClF2O4. The molecular weight excluding hydrogens is 258 g/mol. The predicted octanol–water partition coefficient (Wildman–Crippen LogP) is 1.49. The molecule has 0 bridgehead atoms. The lowest BCUT2D eigenvalue weighted by atomic mass is 10.0. The monoisotopic (exact) mass is 266 g/mol. The summed E-state index contributed by atoms with van der Waals surface area (Å²) < 4.78 is 26.2. The van der Waals surface area contributed by atoms with Crippen LogP contribution in [0.3, 0.4) is 0 Å². The number of benzene rings is 1. The lowest BCUT2D eigenvalue weighted by Gasteiger charge is -2.17. The van der Waals surface area contributed by atoms with Crippen molar-refractivity contribution in [2.45, 2.75) is 18.6 Å². The molecule has 0 aliphatic heterocycles. The number of rotatable bonds is 4. The second kappa shape index (κ2) is 5.39. The maximum atomic E-state index is 13.4. The normalized spacial score (nSPS) is 14.4. The van der Waals surface area contributed by atoms with Gasteiger partial charge in [-0.25, -0.2) is 8.78 Å². The molecule has 0 heterocycles. The molecule has 0 radical (unpaired) electrons. The van der Waals surface area contributed by atoms with Crippen molar-refractivity contribution in [3.8, 4) is 0 Å². The number of carboxylic acid groups (broad SMARTS) is 1. The largest absolute Gasteiger partial charge is 0.481 e. The van der Waals surface area contributed by atoms with E-state index >= 15 is 0 Å². The minimum atomic E-state index is -1.79. The van der Waals surface area contributed by atoms with Crippen molar-refractivity contribution in [3.63, 3.8) is 0 Å². The molecule has 0 saturated heterocycles. The SMILES string of the molecule is O=C(O)CC(O)C(O)c1ccc(F)c(Cl)c1F. The van der Waals surface area contributed by atoms with Crippen molar-refractivity contribution in [2.75, 3.05) is 0 Å². The van der Waals surface area contributed by atoms with E-state index in [0.717, 1.165) is 12.1 Å². The van der Waals surface area contributed by atoms with Crippen molar-refractivity contribution in [1.82, 2.24) is 0 Å². The van der Waals surface area contributed by atoms with Gasteiger partial charge < -0.3 is 15.3 Å². The third-order valence-electron chi connectivity index (χ3n) is 2.13. The Morgan fingerprint density at radius 1 is 1.35 bits per heavy atom. The highest BCUT2D eigenvalue weighted by atomic mass is 35.5. The third-order valence-corrected chi connectivity index (χ3v) is 2.48. The Bertz CT molecular complexity index is 439. The van der Waals surface area contributed by atoms with Crippen LogP contribution in [0.2, 0.25) is 5.02 Å². The summed E-state index contributed by atoms with van der Waals surface area (Å²) in [5, 5.41) is 26.4. The summed E-state index contributed by atoms with van der Waals surface area (Å²) in [7, 11) is 0. The van der Waals surface area contributed by atoms with Crippen molar-refractivity contribution < 1.29 is 28.9 Å². The second-order valence-electron chi connectivity index (χ2n) is 3.37. The summed E-state index contributed by atoms with van der Waals surface area (Å²) in [5.41, 5.74) is -0.454. The Hall–Kier alpha value is -1.24. The van der Waals surface area contributed by atoms with Crippen LogP contribution in [0.4, 0.5) is 8.78 Å². The maximum Gasteiger partial charge on any atom is 0.306 e. The molecule has 1 rings (SSSR count). The van der Waals surface area contributed by atoms with Gasteiger partial charge in [0.05, 0.1) is 12.5 Å². The van der Waals surface area contributed by atoms with Crippen molar-refractivity contribution >= 4 is 17.6 Å². The molecule has 2 atom stereocenters. The molecule has 1 aromatic rings. The van der Waals surface area contributed by atoms with Crippen LogP contribution < -0.4 is 0 Å². The first kappa shape index (κ1) is 13.8. The number of carbonyl (C=O) groups is 1. The molecule has 0 saturated carbocycles. The second-order valence-corrected chi connectivity index (χ2v) is 3.75. The fourth-order valence-corrected chi connectivity index (χ4v) is 1.44. The number of aliphatic carboxylic acids is 1. The van der Waals surface area contributed by atoms with E-state index in [1.165, 1.54) is 0 Å². The maximum absolute atomic E-state index is 13.4. The van der Waals surface area contributed by atoms with Gasteiger partial charge in [0.2, 0.25) is 0 Å². The highest BCUT2D eigenvalue weighted by molar-refractivity contribution is 6.30. The van der Waals surface area contributed by atoms with Crippen LogP contribution in [0.1, 0.15) is 18.1 Å². The quantitative estimate of drug-likeness (QED) is 0.722. The number of halogens is 3. The molecule has 0 spiro atoms. The molecule has 4 nitrogen and oxygen atoms in total. The smallest absolute Gasteiger partial charge is 0.306 e. The molecule has 3 N–H and O–H groups in total. The van der Waals surface area contributed by atoms with Crippen LogP contribution in [-0.2, 0) is 4.79 Å². The summed E-state index contributed by atoms with van der Waals surface area (Å²) in [5.74, 6) is -3.58. The average molecular weight is 267 g/mol. The summed E-state index contributed by atoms with van der Waals surface area (Å²) in [6.45, 7) is 0. The topological polar surface area (TPSA) is 77.8 Å². The van der Waals surface area contributed by atoms with E-state index in [0.29, 0.717) is 0 Å². The molecule has 0 fully saturated rings. The van der Waals surface area contributed by atoms with E-state index in [4.69, 9.17) is 16.7 Å². The molecule has 0 amide bonds. The zero-order chi connectivity index (χ0) is 13.2. The van der Waals surface area contributed by atoms with Gasteiger partial charge in [-0.05, 0) is 6.07 Å². The van der Waals surface area contributed by atoms with E-state index in [1.807, 2.05) is 0 Å². The van der Waals surface area contributed by atoms with Crippen LogP contribution in [0.25, 0.3) is 0 Å². The molecule has 0 aliphatic rings. The van der Waals surface area contributed by atoms with Crippen molar-refractivity contribution in [2.24, 2.45) is 0 Å². The first-order valence-corrected chi connectivity index (χ1v) is 4.93. The van der Waals surface area contributed by atoms with Gasteiger partial charge in [0.1, 0.15) is 16.9 Å². The van der Waals surface area contributed by atoms with Gasteiger partial charge in [-0.15, -0.1) is 0 Å². The van der Waals surface area contributed by atoms with E-state index in [2.05, 4.69) is 0 Å². The van der Waals surface area contributed by atoms with E-state index < -0.39 is 46.8 Å². The van der Waals surface area contributed by atoms with Gasteiger partial charge in [0.25, 0.3) is 0 Å². The fraction of sp³-hybridized carbons (Fsp3) is 0.300. The standard InChI is InChI=1S/C10H9ClF2O4/c11-8-5(12)2-1-4(9(8)13)10(17)6(14)3-7(15)16/h1-2,6,10,14,17H,3H2,(H,15,16). The van der Waals surface area contributed by atoms with Crippen LogP contribution in [-0.4, -0.2) is 27.4 Å². The average Bonchev–Trinajstić information content (AvgIpc) is 2.24. The van der Waals surface area contributed by atoms with Crippen LogP contribution in [0, 0.1) is 11.6 Å². The predicted molar refractivity (Wildman–Crippen MR) is 54.6 cm³/mol. The lowest BCUT2D eigenvalue weighted by molar-refractivity contribution is -0.141. The third kappa shape index (κ3) is 3.12. The Kier molecular flexibility index (Phi) is 4.39. The van der Waals surface area contributed by atoms with E-state index in [9.17, 15) is 23.8 Å². The number of hydrogen-bond donors (Lipinski definition) is 3. The number of aliphatic hydroxyl groups is 2. The number of aliphatic hydroxyl groups excluding tert-OH is 2. The summed E-state index contributed by atoms with van der Waals surface area (Å²) in [4.78, 5) is 10.3. The Labute approximate surface area is 100 Å². The van der Waals surface area contributed by atoms with Gasteiger partial charge >= 0.3 is 5.97 Å². The van der Waals surface area contributed by atoms with Gasteiger partial charge in [0.15, 0.2) is 5.82 Å². The molecule has 0 aliphatic carbocycles. The molecule has 2 unspecified atom stereocenters. The first-order valence-electron chi connectivity index (χ1n) is 4.56. The van der Waals surface area contributed by atoms with E-state index in [1.54, 1.807) is 0 Å². The first-order chi connectivity index (χ1) is 7.84. The minimum Gasteiger partial charge on any atom is -0.481 e. The van der Waals surface area contributed by atoms with Crippen LogP contribution >= 0.6 is 11.6 Å². The van der Waals surface area contributed by atoms with Gasteiger partial charge in [-0.2, -0.15) is 0 Å². The molecule has 94 valence electrons. The Balaban J connectivity index is 3.00. The lowest BCUT2D eigenvalue weighted by Crippen LogP contribution is -2.22. The Morgan fingerprint density at radius 2 is 1.94 bits per heavy atom. The molecule has 1 aromatic carbocycles. The zero-order valence-corrected chi connectivity index (χ0v) is 9.16. The van der Waals surface area contributed by atoms with Crippen LogP contribution in [0.5, 0.6) is 0 Å². The summed E-state index contributed by atoms with van der Waals surface area (Å²) >= 11 is 5.28. The van der Waals surface area contributed by atoms with Gasteiger partial charge in [-0.1, -0.05) is 17.7 Å². The van der Waals surface area contributed by atoms with Gasteiger partial charge in [0, 0.05) is 5.56 Å². The minimum absolute atomic E-state index is 0.454. The highest BCUT2D eigenvalue weighted by Gasteiger charge is 2.25. The zero-order valence-electron chi connectivity index (χ0n) is 8.40. The molecule has 17 heavy (non-hydrogen) atoms. The van der Waals surface area contributed by atoms with Crippen LogP contribution in [0.15, 0.2) is 12.1 Å². The van der Waals surface area contributed by atoms with Crippen molar-refractivity contribution in [1.29, 1.82) is 0 Å². The fourth-order valence-electron chi connectivity index (χ4n) is 1.27.